The molecule has 0 unspecified atom stereocenters. The highest BCUT2D eigenvalue weighted by atomic mass is 16.5. The third-order valence-electron chi connectivity index (χ3n) is 2.27. The fourth-order valence-corrected chi connectivity index (χ4v) is 1.45. The Labute approximate surface area is 97.9 Å². The van der Waals surface area contributed by atoms with E-state index in [0.29, 0.717) is 5.82 Å². The molecule has 5 nitrogen and oxygen atoms in total. The van der Waals surface area contributed by atoms with Crippen molar-refractivity contribution in [3.63, 3.8) is 0 Å². The van der Waals surface area contributed by atoms with E-state index in [-0.39, 0.29) is 11.1 Å². The monoisotopic (exact) mass is 227 g/mol. The van der Waals surface area contributed by atoms with Crippen molar-refractivity contribution < 1.29 is 9.53 Å². The third kappa shape index (κ3) is 2.01. The van der Waals surface area contributed by atoms with Gasteiger partial charge in [0.15, 0.2) is 0 Å². The van der Waals surface area contributed by atoms with Gasteiger partial charge in [0.25, 0.3) is 0 Å². The van der Waals surface area contributed by atoms with Crippen LogP contribution in [-0.4, -0.2) is 22.6 Å². The van der Waals surface area contributed by atoms with Gasteiger partial charge in [-0.3, -0.25) is 0 Å². The number of aromatic nitrogens is 2. The Kier molecular flexibility index (Phi) is 2.88. The number of hydrogen-bond donors (Lipinski definition) is 0. The van der Waals surface area contributed by atoms with Gasteiger partial charge in [0.05, 0.1) is 18.2 Å². The summed E-state index contributed by atoms with van der Waals surface area (Å²) in [6.07, 6.45) is 4.72. The van der Waals surface area contributed by atoms with Crippen LogP contribution in [0.2, 0.25) is 0 Å². The largest absolute Gasteiger partial charge is 0.465 e. The number of hydrogen-bond acceptors (Lipinski definition) is 4. The molecule has 2 aromatic rings. The summed E-state index contributed by atoms with van der Waals surface area (Å²) in [4.78, 5) is 15.6. The number of pyridine rings is 1. The first kappa shape index (κ1) is 10.9. The molecule has 0 radical (unpaired) electrons. The number of carbonyl (C=O) groups is 1. The van der Waals surface area contributed by atoms with Gasteiger partial charge in [-0.15, -0.1) is 0 Å². The summed E-state index contributed by atoms with van der Waals surface area (Å²) in [6, 6.07) is 7.35. The van der Waals surface area contributed by atoms with Crippen LogP contribution < -0.4 is 0 Å². The first-order chi connectivity index (χ1) is 8.26. The fourth-order valence-electron chi connectivity index (χ4n) is 1.45. The Balaban J connectivity index is 2.50. The van der Waals surface area contributed by atoms with Crippen molar-refractivity contribution >= 4 is 5.97 Å². The molecule has 0 fully saturated rings. The minimum atomic E-state index is -0.531. The van der Waals surface area contributed by atoms with Crippen molar-refractivity contribution in [2.24, 2.45) is 0 Å². The van der Waals surface area contributed by atoms with E-state index >= 15 is 0 Å². The molecule has 0 N–H and O–H groups in total. The molecule has 5 heteroatoms. The maximum atomic E-state index is 11.4. The molecule has 0 aliphatic rings. The minimum Gasteiger partial charge on any atom is -0.465 e. The number of ether oxygens (including phenoxy) is 1. The van der Waals surface area contributed by atoms with Gasteiger partial charge in [0.1, 0.15) is 11.9 Å². The summed E-state index contributed by atoms with van der Waals surface area (Å²) in [5.41, 5.74) is 0.503. The van der Waals surface area contributed by atoms with E-state index in [2.05, 4.69) is 9.72 Å². The zero-order valence-corrected chi connectivity index (χ0v) is 9.12. The highest BCUT2D eigenvalue weighted by Crippen LogP contribution is 2.14. The number of methoxy groups -OCH3 is 1. The van der Waals surface area contributed by atoms with Crippen LogP contribution in [0.15, 0.2) is 36.8 Å². The van der Waals surface area contributed by atoms with Crippen LogP contribution in [-0.2, 0) is 4.74 Å². The first-order valence-corrected chi connectivity index (χ1v) is 4.88. The van der Waals surface area contributed by atoms with Crippen LogP contribution >= 0.6 is 0 Å². The van der Waals surface area contributed by atoms with E-state index in [9.17, 15) is 4.79 Å². The SMILES string of the molecule is COC(=O)c1cn(-c2ccccn2)cc1C#N. The van der Waals surface area contributed by atoms with Crippen LogP contribution in [0.5, 0.6) is 0 Å². The molecular formula is C12H9N3O2. The number of carbonyl (C=O) groups excluding carboxylic acids is 1. The van der Waals surface area contributed by atoms with Gasteiger partial charge in [-0.25, -0.2) is 9.78 Å². The Morgan fingerprint density at radius 1 is 1.47 bits per heavy atom. The minimum absolute atomic E-state index is 0.237. The average molecular weight is 227 g/mol. The molecule has 0 atom stereocenters. The van der Waals surface area contributed by atoms with Gasteiger partial charge in [-0.05, 0) is 12.1 Å². The van der Waals surface area contributed by atoms with Gasteiger partial charge in [-0.1, -0.05) is 6.07 Å². The van der Waals surface area contributed by atoms with Crippen molar-refractivity contribution in [3.8, 4) is 11.9 Å². The maximum absolute atomic E-state index is 11.4. The Morgan fingerprint density at radius 3 is 2.88 bits per heavy atom. The molecule has 0 bridgehead atoms. The van der Waals surface area contributed by atoms with Gasteiger partial charge >= 0.3 is 5.97 Å². The van der Waals surface area contributed by atoms with Crippen LogP contribution in [0.1, 0.15) is 15.9 Å². The summed E-state index contributed by atoms with van der Waals surface area (Å²) in [5, 5.41) is 8.93. The molecule has 0 spiro atoms. The second kappa shape index (κ2) is 4.49. The maximum Gasteiger partial charge on any atom is 0.340 e. The Hall–Kier alpha value is -2.61. The van der Waals surface area contributed by atoms with Crippen LogP contribution in [0.25, 0.3) is 5.82 Å². The van der Waals surface area contributed by atoms with Crippen molar-refractivity contribution in [1.82, 2.24) is 9.55 Å². The molecule has 0 saturated carbocycles. The van der Waals surface area contributed by atoms with Gasteiger partial charge in [0.2, 0.25) is 0 Å². The van der Waals surface area contributed by atoms with Crippen molar-refractivity contribution in [1.29, 1.82) is 5.26 Å². The lowest BCUT2D eigenvalue weighted by atomic mass is 10.2. The van der Waals surface area contributed by atoms with Gasteiger partial charge in [-0.2, -0.15) is 5.26 Å². The molecule has 0 amide bonds. The summed E-state index contributed by atoms with van der Waals surface area (Å²) >= 11 is 0. The van der Waals surface area contributed by atoms with E-state index in [0.717, 1.165) is 0 Å². The van der Waals surface area contributed by atoms with Crippen LogP contribution in [0, 0.1) is 11.3 Å². The Morgan fingerprint density at radius 2 is 2.29 bits per heavy atom. The Bertz CT molecular complexity index is 582. The van der Waals surface area contributed by atoms with Crippen molar-refractivity contribution in [2.45, 2.75) is 0 Å². The second-order valence-electron chi connectivity index (χ2n) is 3.28. The highest BCUT2D eigenvalue weighted by molar-refractivity contribution is 5.92. The summed E-state index contributed by atoms with van der Waals surface area (Å²) in [6.45, 7) is 0. The summed E-state index contributed by atoms with van der Waals surface area (Å²) < 4.78 is 6.22. The predicted octanol–water partition coefficient (Wildman–Crippen LogP) is 1.53. The fraction of sp³-hybridized carbons (Fsp3) is 0.0833. The standard InChI is InChI=1S/C12H9N3O2/c1-17-12(16)10-8-15(7-9(10)6-13)11-4-2-3-5-14-11/h2-5,7-8H,1H3. The molecule has 0 aromatic carbocycles. The average Bonchev–Trinajstić information content (AvgIpc) is 2.83. The molecule has 0 saturated heterocycles. The number of rotatable bonds is 2. The quantitative estimate of drug-likeness (QED) is 0.729. The molecule has 2 rings (SSSR count). The third-order valence-corrected chi connectivity index (χ3v) is 2.27. The number of nitrogens with zero attached hydrogens (tertiary/aromatic N) is 3. The van der Waals surface area contributed by atoms with Gasteiger partial charge < -0.3 is 9.30 Å². The summed E-state index contributed by atoms with van der Waals surface area (Å²) in [5.74, 6) is 0.107. The lowest BCUT2D eigenvalue weighted by Crippen LogP contribution is -2.01. The van der Waals surface area contributed by atoms with E-state index in [1.54, 1.807) is 29.1 Å². The number of esters is 1. The number of nitriles is 1. The van der Waals surface area contributed by atoms with Gasteiger partial charge in [0, 0.05) is 18.6 Å². The van der Waals surface area contributed by atoms with Crippen LogP contribution in [0.3, 0.4) is 0 Å². The zero-order valence-electron chi connectivity index (χ0n) is 9.12. The second-order valence-corrected chi connectivity index (χ2v) is 3.28. The van der Waals surface area contributed by atoms with E-state index in [4.69, 9.17) is 5.26 Å². The molecular weight excluding hydrogens is 218 g/mol. The molecule has 2 heterocycles. The lowest BCUT2D eigenvalue weighted by molar-refractivity contribution is 0.0600. The molecule has 17 heavy (non-hydrogen) atoms. The first-order valence-electron chi connectivity index (χ1n) is 4.88. The molecule has 0 aliphatic carbocycles. The smallest absolute Gasteiger partial charge is 0.340 e. The summed E-state index contributed by atoms with van der Waals surface area (Å²) in [7, 11) is 1.28. The van der Waals surface area contributed by atoms with Crippen molar-refractivity contribution in [3.05, 3.63) is 47.9 Å². The molecule has 2 aromatic heterocycles. The highest BCUT2D eigenvalue weighted by Gasteiger charge is 2.15. The van der Waals surface area contributed by atoms with E-state index in [1.165, 1.54) is 13.3 Å². The lowest BCUT2D eigenvalue weighted by Gasteiger charge is -1.99. The van der Waals surface area contributed by atoms with Crippen LogP contribution in [0.4, 0.5) is 0 Å². The predicted molar refractivity (Wildman–Crippen MR) is 59.6 cm³/mol. The van der Waals surface area contributed by atoms with Crippen molar-refractivity contribution in [2.75, 3.05) is 7.11 Å². The molecule has 0 aliphatic heterocycles. The molecule has 84 valence electrons. The topological polar surface area (TPSA) is 67.9 Å². The van der Waals surface area contributed by atoms with E-state index < -0.39 is 5.97 Å². The van der Waals surface area contributed by atoms with E-state index in [1.807, 2.05) is 12.1 Å². The normalized spacial score (nSPS) is 9.65. The zero-order chi connectivity index (χ0) is 12.3.